The van der Waals surface area contributed by atoms with E-state index in [0.29, 0.717) is 17.7 Å². The van der Waals surface area contributed by atoms with E-state index in [1.165, 1.54) is 4.90 Å². The summed E-state index contributed by atoms with van der Waals surface area (Å²) in [6.07, 6.45) is 4.30. The molecule has 0 radical (unpaired) electrons. The summed E-state index contributed by atoms with van der Waals surface area (Å²) in [6, 6.07) is 6.88. The van der Waals surface area contributed by atoms with E-state index in [4.69, 9.17) is 5.73 Å². The Hall–Kier alpha value is -2.14. The number of carbonyl (C=O) groups excluding carboxylic acids is 2. The number of nitrogens with one attached hydrogen (secondary N) is 1. The molecule has 2 unspecified atom stereocenters. The minimum absolute atomic E-state index is 0.0487. The fourth-order valence-corrected chi connectivity index (χ4v) is 2.14. The van der Waals surface area contributed by atoms with Crippen molar-refractivity contribution >= 4 is 17.5 Å². The minimum Gasteiger partial charge on any atom is -0.345 e. The highest BCUT2D eigenvalue weighted by Crippen LogP contribution is 2.19. The quantitative estimate of drug-likeness (QED) is 0.813. The first-order valence-corrected chi connectivity index (χ1v) is 6.54. The van der Waals surface area contributed by atoms with Crippen LogP contribution < -0.4 is 11.1 Å². The maximum atomic E-state index is 12.1. The SMILES string of the molecule is CN(C)C(=O)c1cccc(NC(=O)C2C=CC(N)C2)c1. The van der Waals surface area contributed by atoms with Gasteiger partial charge in [-0.05, 0) is 24.6 Å². The molecule has 2 atom stereocenters. The Kier molecular flexibility index (Phi) is 4.20. The summed E-state index contributed by atoms with van der Waals surface area (Å²) >= 11 is 0. The van der Waals surface area contributed by atoms with Gasteiger partial charge in [-0.2, -0.15) is 0 Å². The third-order valence-electron chi connectivity index (χ3n) is 3.24. The van der Waals surface area contributed by atoms with Crippen molar-refractivity contribution in [2.45, 2.75) is 12.5 Å². The van der Waals surface area contributed by atoms with Gasteiger partial charge in [0.25, 0.3) is 5.91 Å². The Morgan fingerprint density at radius 1 is 1.30 bits per heavy atom. The number of carbonyl (C=O) groups is 2. The van der Waals surface area contributed by atoms with Gasteiger partial charge in [-0.15, -0.1) is 0 Å². The number of nitrogens with two attached hydrogens (primary N) is 1. The lowest BCUT2D eigenvalue weighted by Crippen LogP contribution is -2.24. The van der Waals surface area contributed by atoms with Crippen molar-refractivity contribution in [1.29, 1.82) is 0 Å². The third-order valence-corrected chi connectivity index (χ3v) is 3.24. The van der Waals surface area contributed by atoms with Gasteiger partial charge in [0, 0.05) is 31.4 Å². The van der Waals surface area contributed by atoms with Gasteiger partial charge in [-0.1, -0.05) is 18.2 Å². The predicted molar refractivity (Wildman–Crippen MR) is 78.3 cm³/mol. The first-order chi connectivity index (χ1) is 9.47. The van der Waals surface area contributed by atoms with E-state index < -0.39 is 0 Å². The minimum atomic E-state index is -0.196. The van der Waals surface area contributed by atoms with Gasteiger partial charge in [0.2, 0.25) is 5.91 Å². The number of benzene rings is 1. The van der Waals surface area contributed by atoms with Gasteiger partial charge in [0.15, 0.2) is 0 Å². The van der Waals surface area contributed by atoms with Crippen LogP contribution in [0.5, 0.6) is 0 Å². The average molecular weight is 273 g/mol. The number of anilines is 1. The molecule has 1 aliphatic carbocycles. The van der Waals surface area contributed by atoms with Crippen molar-refractivity contribution in [1.82, 2.24) is 4.90 Å². The molecule has 1 aliphatic rings. The highest BCUT2D eigenvalue weighted by Gasteiger charge is 2.22. The van der Waals surface area contributed by atoms with Gasteiger partial charge in [-0.25, -0.2) is 0 Å². The number of amides is 2. The average Bonchev–Trinajstić information content (AvgIpc) is 2.85. The van der Waals surface area contributed by atoms with E-state index in [0.717, 1.165) is 0 Å². The van der Waals surface area contributed by atoms with Crippen LogP contribution in [0.3, 0.4) is 0 Å². The van der Waals surface area contributed by atoms with Crippen LogP contribution in [0.1, 0.15) is 16.8 Å². The molecule has 1 aromatic rings. The molecule has 0 saturated carbocycles. The second kappa shape index (κ2) is 5.88. The lowest BCUT2D eigenvalue weighted by Gasteiger charge is -2.13. The maximum absolute atomic E-state index is 12.1. The third kappa shape index (κ3) is 3.24. The molecule has 5 nitrogen and oxygen atoms in total. The molecule has 20 heavy (non-hydrogen) atoms. The molecule has 0 saturated heterocycles. The smallest absolute Gasteiger partial charge is 0.253 e. The Bertz CT molecular complexity index is 552. The summed E-state index contributed by atoms with van der Waals surface area (Å²) in [5, 5.41) is 2.82. The number of rotatable bonds is 3. The van der Waals surface area contributed by atoms with Gasteiger partial charge in [-0.3, -0.25) is 9.59 Å². The van der Waals surface area contributed by atoms with Crippen molar-refractivity contribution in [2.24, 2.45) is 11.7 Å². The summed E-state index contributed by atoms with van der Waals surface area (Å²) in [5.74, 6) is -0.384. The predicted octanol–water partition coefficient (Wildman–Crippen LogP) is 1.23. The molecule has 0 spiro atoms. The van der Waals surface area contributed by atoms with Crippen molar-refractivity contribution < 1.29 is 9.59 Å². The highest BCUT2D eigenvalue weighted by molar-refractivity contribution is 5.98. The second-order valence-electron chi connectivity index (χ2n) is 5.16. The summed E-state index contributed by atoms with van der Waals surface area (Å²) < 4.78 is 0. The van der Waals surface area contributed by atoms with Crippen molar-refractivity contribution in [2.75, 3.05) is 19.4 Å². The molecule has 0 bridgehead atoms. The van der Waals surface area contributed by atoms with Crippen LogP contribution in [0.2, 0.25) is 0 Å². The Morgan fingerprint density at radius 3 is 2.65 bits per heavy atom. The van der Waals surface area contributed by atoms with E-state index in [-0.39, 0.29) is 23.8 Å². The number of nitrogens with zero attached hydrogens (tertiary/aromatic N) is 1. The van der Waals surface area contributed by atoms with Crippen LogP contribution in [-0.2, 0) is 4.79 Å². The van der Waals surface area contributed by atoms with Crippen LogP contribution in [0.25, 0.3) is 0 Å². The van der Waals surface area contributed by atoms with Crippen LogP contribution in [0.15, 0.2) is 36.4 Å². The van der Waals surface area contributed by atoms with E-state index in [1.54, 1.807) is 38.4 Å². The zero-order valence-electron chi connectivity index (χ0n) is 11.7. The molecule has 0 fully saturated rings. The Morgan fingerprint density at radius 2 is 2.05 bits per heavy atom. The number of hydrogen-bond acceptors (Lipinski definition) is 3. The molecule has 5 heteroatoms. The highest BCUT2D eigenvalue weighted by atomic mass is 16.2. The largest absolute Gasteiger partial charge is 0.345 e. The van der Waals surface area contributed by atoms with Crippen LogP contribution in [0.4, 0.5) is 5.69 Å². The van der Waals surface area contributed by atoms with E-state index in [9.17, 15) is 9.59 Å². The summed E-state index contributed by atoms with van der Waals surface area (Å²) in [4.78, 5) is 25.4. The summed E-state index contributed by atoms with van der Waals surface area (Å²) in [6.45, 7) is 0. The summed E-state index contributed by atoms with van der Waals surface area (Å²) in [7, 11) is 3.39. The fourth-order valence-electron chi connectivity index (χ4n) is 2.14. The second-order valence-corrected chi connectivity index (χ2v) is 5.16. The monoisotopic (exact) mass is 273 g/mol. The number of hydrogen-bond donors (Lipinski definition) is 2. The van der Waals surface area contributed by atoms with E-state index in [2.05, 4.69) is 5.32 Å². The first kappa shape index (κ1) is 14.3. The molecule has 0 aliphatic heterocycles. The zero-order valence-corrected chi connectivity index (χ0v) is 11.7. The topological polar surface area (TPSA) is 75.4 Å². The molecule has 2 rings (SSSR count). The van der Waals surface area contributed by atoms with Crippen LogP contribution >= 0.6 is 0 Å². The Labute approximate surface area is 118 Å². The Balaban J connectivity index is 2.07. The van der Waals surface area contributed by atoms with Gasteiger partial charge in [0.05, 0.1) is 5.92 Å². The van der Waals surface area contributed by atoms with Crippen LogP contribution in [0, 0.1) is 5.92 Å². The lowest BCUT2D eigenvalue weighted by atomic mass is 10.1. The molecular formula is C15H19N3O2. The summed E-state index contributed by atoms with van der Waals surface area (Å²) in [5.41, 5.74) is 6.91. The van der Waals surface area contributed by atoms with Gasteiger partial charge in [0.1, 0.15) is 0 Å². The van der Waals surface area contributed by atoms with Gasteiger partial charge < -0.3 is 16.0 Å². The normalized spacial score (nSPS) is 20.8. The maximum Gasteiger partial charge on any atom is 0.253 e. The first-order valence-electron chi connectivity index (χ1n) is 6.54. The van der Waals surface area contributed by atoms with E-state index in [1.807, 2.05) is 12.2 Å². The molecule has 0 heterocycles. The van der Waals surface area contributed by atoms with Crippen molar-refractivity contribution in [3.05, 3.63) is 42.0 Å². The fraction of sp³-hybridized carbons (Fsp3) is 0.333. The molecule has 106 valence electrons. The van der Waals surface area contributed by atoms with Crippen molar-refractivity contribution in [3.63, 3.8) is 0 Å². The zero-order chi connectivity index (χ0) is 14.7. The standard InChI is InChI=1S/C15H19N3O2/c1-18(2)15(20)11-4-3-5-13(9-11)17-14(19)10-6-7-12(16)8-10/h3-7,9-10,12H,8,16H2,1-2H3,(H,17,19). The van der Waals surface area contributed by atoms with Crippen LogP contribution in [-0.4, -0.2) is 36.9 Å². The molecule has 2 amide bonds. The van der Waals surface area contributed by atoms with E-state index >= 15 is 0 Å². The van der Waals surface area contributed by atoms with Gasteiger partial charge >= 0.3 is 0 Å². The molecular weight excluding hydrogens is 254 g/mol. The molecule has 1 aromatic carbocycles. The molecule has 3 N–H and O–H groups in total. The lowest BCUT2D eigenvalue weighted by molar-refractivity contribution is -0.118. The molecule has 0 aromatic heterocycles. The van der Waals surface area contributed by atoms with Crippen molar-refractivity contribution in [3.8, 4) is 0 Å².